The molecular weight excluding hydrogens is 508 g/mol. The molecule has 0 aliphatic heterocycles. The quantitative estimate of drug-likeness (QED) is 0.0920. The number of hydrogen-bond donors (Lipinski definition) is 0. The molecule has 38 heavy (non-hydrogen) atoms. The third-order valence-electron chi connectivity index (χ3n) is 5.59. The molecule has 0 N–H and O–H groups in total. The van der Waals surface area contributed by atoms with Crippen molar-refractivity contribution in [3.63, 3.8) is 0 Å². The largest absolute Gasteiger partial charge is 0.422 e. The fourth-order valence-corrected chi connectivity index (χ4v) is 3.90. The molecule has 0 spiro atoms. The number of benzene rings is 4. The standard InChI is InChI=1S/C28H17ClN4O5/c29-21-12-15-25(38-28(35)19-10-13-22(14-11-19)33(36)37)20(16-21)17-30-32-26(18-6-2-1-3-7-18)31-24-9-5-4-8-23(24)27(32)34/h1-17H. The summed E-state index contributed by atoms with van der Waals surface area (Å²) in [5, 5.41) is 16.0. The molecule has 0 atom stereocenters. The topological polar surface area (TPSA) is 117 Å². The van der Waals surface area contributed by atoms with Gasteiger partial charge in [-0.2, -0.15) is 9.78 Å². The van der Waals surface area contributed by atoms with Crippen LogP contribution in [0.3, 0.4) is 0 Å². The Labute approximate surface area is 220 Å². The zero-order valence-corrected chi connectivity index (χ0v) is 20.3. The lowest BCUT2D eigenvalue weighted by atomic mass is 10.2. The van der Waals surface area contributed by atoms with Crippen molar-refractivity contribution in [3.05, 3.63) is 134 Å². The molecule has 0 amide bonds. The van der Waals surface area contributed by atoms with Gasteiger partial charge in [0.1, 0.15) is 5.75 Å². The minimum Gasteiger partial charge on any atom is -0.422 e. The molecule has 0 saturated heterocycles. The minimum absolute atomic E-state index is 0.120. The Morgan fingerprint density at radius 3 is 2.42 bits per heavy atom. The normalized spacial score (nSPS) is 11.1. The van der Waals surface area contributed by atoms with Gasteiger partial charge < -0.3 is 4.74 Å². The maximum absolute atomic E-state index is 13.4. The van der Waals surface area contributed by atoms with Gasteiger partial charge in [0.25, 0.3) is 11.2 Å². The number of nitro benzene ring substituents is 1. The van der Waals surface area contributed by atoms with E-state index in [-0.39, 0.29) is 22.6 Å². The summed E-state index contributed by atoms with van der Waals surface area (Å²) in [5.74, 6) is -0.270. The van der Waals surface area contributed by atoms with E-state index < -0.39 is 10.9 Å². The van der Waals surface area contributed by atoms with Crippen molar-refractivity contribution in [2.24, 2.45) is 5.10 Å². The highest BCUT2D eigenvalue weighted by molar-refractivity contribution is 6.31. The summed E-state index contributed by atoms with van der Waals surface area (Å²) in [4.78, 5) is 41.1. The summed E-state index contributed by atoms with van der Waals surface area (Å²) in [7, 11) is 0. The maximum atomic E-state index is 13.4. The van der Waals surface area contributed by atoms with Gasteiger partial charge >= 0.3 is 5.97 Å². The second kappa shape index (κ2) is 10.5. The third-order valence-corrected chi connectivity index (χ3v) is 5.82. The average Bonchev–Trinajstić information content (AvgIpc) is 2.94. The molecule has 5 aromatic rings. The molecule has 10 heteroatoms. The Hall–Kier alpha value is -5.15. The fourth-order valence-electron chi connectivity index (χ4n) is 3.72. The summed E-state index contributed by atoms with van der Waals surface area (Å²) in [6, 6.07) is 25.7. The van der Waals surface area contributed by atoms with E-state index in [0.29, 0.717) is 32.9 Å². The first-order chi connectivity index (χ1) is 18.4. The Kier molecular flexibility index (Phi) is 6.75. The van der Waals surface area contributed by atoms with Crippen molar-refractivity contribution in [2.75, 3.05) is 0 Å². The van der Waals surface area contributed by atoms with Crippen LogP contribution in [0.2, 0.25) is 5.02 Å². The Morgan fingerprint density at radius 2 is 1.68 bits per heavy atom. The highest BCUT2D eigenvalue weighted by Crippen LogP contribution is 2.24. The molecule has 0 radical (unpaired) electrons. The van der Waals surface area contributed by atoms with Crippen LogP contribution in [0.1, 0.15) is 15.9 Å². The summed E-state index contributed by atoms with van der Waals surface area (Å²) in [6.45, 7) is 0. The van der Waals surface area contributed by atoms with Gasteiger partial charge in [-0.1, -0.05) is 54.1 Å². The number of hydrogen-bond acceptors (Lipinski definition) is 7. The lowest BCUT2D eigenvalue weighted by Crippen LogP contribution is -2.20. The highest BCUT2D eigenvalue weighted by atomic mass is 35.5. The SMILES string of the molecule is O=C(Oc1ccc(Cl)cc1C=Nn1c(-c2ccccc2)nc2ccccc2c1=O)c1ccc([N+](=O)[O-])cc1. The van der Waals surface area contributed by atoms with Crippen LogP contribution in [0.5, 0.6) is 5.75 Å². The molecule has 1 heterocycles. The van der Waals surface area contributed by atoms with E-state index >= 15 is 0 Å². The number of ether oxygens (including phenoxy) is 1. The summed E-state index contributed by atoms with van der Waals surface area (Å²) >= 11 is 6.19. The number of carbonyl (C=O) groups excluding carboxylic acids is 1. The molecule has 4 aromatic carbocycles. The first-order valence-corrected chi connectivity index (χ1v) is 11.7. The second-order valence-electron chi connectivity index (χ2n) is 8.06. The lowest BCUT2D eigenvalue weighted by Gasteiger charge is -2.10. The van der Waals surface area contributed by atoms with Gasteiger partial charge in [0.2, 0.25) is 0 Å². The summed E-state index contributed by atoms with van der Waals surface area (Å²) in [5.41, 5.74) is 1.13. The number of esters is 1. The Balaban J connectivity index is 1.54. The minimum atomic E-state index is -0.730. The fraction of sp³-hybridized carbons (Fsp3) is 0. The van der Waals surface area contributed by atoms with E-state index in [1.807, 2.05) is 30.3 Å². The molecule has 0 fully saturated rings. The van der Waals surface area contributed by atoms with E-state index in [1.54, 1.807) is 24.3 Å². The van der Waals surface area contributed by atoms with Gasteiger partial charge in [-0.25, -0.2) is 9.78 Å². The van der Waals surface area contributed by atoms with Crippen LogP contribution >= 0.6 is 11.6 Å². The van der Waals surface area contributed by atoms with Crippen LogP contribution in [0.25, 0.3) is 22.3 Å². The van der Waals surface area contributed by atoms with Crippen molar-refractivity contribution in [1.82, 2.24) is 9.66 Å². The number of nitro groups is 1. The van der Waals surface area contributed by atoms with Crippen LogP contribution in [-0.2, 0) is 0 Å². The molecule has 0 saturated carbocycles. The number of rotatable bonds is 6. The van der Waals surface area contributed by atoms with E-state index in [2.05, 4.69) is 10.1 Å². The summed E-state index contributed by atoms with van der Waals surface area (Å²) < 4.78 is 6.71. The number of nitrogens with zero attached hydrogens (tertiary/aromatic N) is 4. The predicted molar refractivity (Wildman–Crippen MR) is 144 cm³/mol. The van der Waals surface area contributed by atoms with Gasteiger partial charge in [-0.15, -0.1) is 0 Å². The number of fused-ring (bicyclic) bond motifs is 1. The average molecular weight is 525 g/mol. The molecule has 9 nitrogen and oxygen atoms in total. The Bertz CT molecular complexity index is 1770. The smallest absolute Gasteiger partial charge is 0.343 e. The van der Waals surface area contributed by atoms with Crippen LogP contribution in [-0.4, -0.2) is 26.8 Å². The monoisotopic (exact) mass is 524 g/mol. The van der Waals surface area contributed by atoms with E-state index in [0.717, 1.165) is 0 Å². The molecule has 186 valence electrons. The van der Waals surface area contributed by atoms with Gasteiger partial charge in [0.05, 0.1) is 27.6 Å². The Morgan fingerprint density at radius 1 is 0.974 bits per heavy atom. The molecule has 0 aliphatic carbocycles. The van der Waals surface area contributed by atoms with E-state index in [9.17, 15) is 19.7 Å². The van der Waals surface area contributed by atoms with Crippen molar-refractivity contribution >= 4 is 40.4 Å². The van der Waals surface area contributed by atoms with Crippen LogP contribution in [0.4, 0.5) is 5.69 Å². The van der Waals surface area contributed by atoms with Gasteiger partial charge in [-0.05, 0) is 42.5 Å². The van der Waals surface area contributed by atoms with Gasteiger partial charge in [0.15, 0.2) is 5.82 Å². The van der Waals surface area contributed by atoms with E-state index in [1.165, 1.54) is 53.4 Å². The third kappa shape index (κ3) is 5.04. The molecule has 0 aliphatic rings. The number of para-hydroxylation sites is 1. The molecule has 1 aromatic heterocycles. The second-order valence-corrected chi connectivity index (χ2v) is 8.49. The first-order valence-electron chi connectivity index (χ1n) is 11.3. The van der Waals surface area contributed by atoms with Crippen molar-refractivity contribution in [2.45, 2.75) is 0 Å². The lowest BCUT2D eigenvalue weighted by molar-refractivity contribution is -0.384. The number of carbonyl (C=O) groups is 1. The number of halogens is 1. The summed E-state index contributed by atoms with van der Waals surface area (Å²) in [6.07, 6.45) is 1.36. The maximum Gasteiger partial charge on any atom is 0.343 e. The van der Waals surface area contributed by atoms with Crippen LogP contribution in [0.15, 0.2) is 107 Å². The number of aromatic nitrogens is 2. The zero-order valence-electron chi connectivity index (χ0n) is 19.5. The highest BCUT2D eigenvalue weighted by Gasteiger charge is 2.15. The zero-order chi connectivity index (χ0) is 26.6. The van der Waals surface area contributed by atoms with Gasteiger partial charge in [-0.3, -0.25) is 14.9 Å². The van der Waals surface area contributed by atoms with Crippen LogP contribution < -0.4 is 10.3 Å². The molecule has 0 unspecified atom stereocenters. The van der Waals surface area contributed by atoms with Gasteiger partial charge in [0, 0.05) is 28.3 Å². The van der Waals surface area contributed by atoms with Crippen molar-refractivity contribution in [1.29, 1.82) is 0 Å². The molecule has 5 rings (SSSR count). The number of non-ortho nitro benzene ring substituents is 1. The van der Waals surface area contributed by atoms with Crippen molar-refractivity contribution < 1.29 is 14.5 Å². The van der Waals surface area contributed by atoms with Crippen molar-refractivity contribution in [3.8, 4) is 17.1 Å². The van der Waals surface area contributed by atoms with E-state index in [4.69, 9.17) is 16.3 Å². The predicted octanol–water partition coefficient (Wildman–Crippen LogP) is 5.73. The molecule has 0 bridgehead atoms. The molecular formula is C28H17ClN4O5. The van der Waals surface area contributed by atoms with Crippen LogP contribution in [0, 0.1) is 10.1 Å². The first kappa shape index (κ1) is 24.5.